The van der Waals surface area contributed by atoms with Gasteiger partial charge in [0.25, 0.3) is 5.09 Å². The van der Waals surface area contributed by atoms with Crippen molar-refractivity contribution in [3.05, 3.63) is 10.1 Å². The summed E-state index contributed by atoms with van der Waals surface area (Å²) in [6, 6.07) is 0. The van der Waals surface area contributed by atoms with Gasteiger partial charge in [-0.25, -0.2) is 0 Å². The molecule has 0 atom stereocenters. The molecule has 0 aromatic heterocycles. The van der Waals surface area contributed by atoms with E-state index < -0.39 is 19.0 Å². The van der Waals surface area contributed by atoms with E-state index in [-0.39, 0.29) is 0 Å². The molecule has 0 unspecified atom stereocenters. The number of hydrogen-bond acceptors (Lipinski definition) is 2. The Bertz CT molecular complexity index is 78.3. The molecule has 9 heteroatoms. The third-order valence-corrected chi connectivity index (χ3v) is 0. The molecule has 0 amide bonds. The van der Waals surface area contributed by atoms with Crippen LogP contribution in [-0.2, 0) is 0 Å². The molecule has 0 aromatic carbocycles. The summed E-state index contributed by atoms with van der Waals surface area (Å²) < 4.78 is 0. The Kier molecular flexibility index (Phi) is 8.40. The van der Waals surface area contributed by atoms with Gasteiger partial charge in [-0.15, -0.1) is 10.1 Å². The van der Waals surface area contributed by atoms with Gasteiger partial charge in [0.1, 0.15) is 0 Å². The van der Waals surface area contributed by atoms with Crippen LogP contribution in [0.1, 0.15) is 0 Å². The summed E-state index contributed by atoms with van der Waals surface area (Å²) in [5, 5.41) is 13.6. The van der Waals surface area contributed by atoms with Crippen LogP contribution in [0.25, 0.3) is 0 Å². The minimum absolute atomic E-state index is 1.50. The minimum atomic E-state index is -3.29. The van der Waals surface area contributed by atoms with Crippen LogP contribution < -0.4 is 0 Å². The fraction of sp³-hybridized carbons (Fsp3) is 0. The fourth-order valence-corrected chi connectivity index (χ4v) is 0. The fourth-order valence-electron chi connectivity index (χ4n) is 0. The van der Waals surface area contributed by atoms with Crippen molar-refractivity contribution >= 4 is 49.6 Å². The van der Waals surface area contributed by atoms with Crippen LogP contribution >= 0.6 is 35.7 Å². The van der Waals surface area contributed by atoms with Crippen molar-refractivity contribution in [1.29, 1.82) is 0 Å². The molecule has 4 nitrogen and oxygen atoms in total. The summed E-state index contributed by atoms with van der Waals surface area (Å²) in [6.07, 6.45) is 0. The molecule has 0 bridgehead atoms. The zero-order valence-electron chi connectivity index (χ0n) is 3.72. The van der Waals surface area contributed by atoms with Gasteiger partial charge in [-0.1, -0.05) is 0 Å². The first-order chi connectivity index (χ1) is 3.73. The summed E-state index contributed by atoms with van der Waals surface area (Å²) >= 11 is -3.29. The monoisotopic (exact) mass is 323 g/mol. The van der Waals surface area contributed by atoms with E-state index in [1.165, 1.54) is 0 Å². The molecule has 0 aliphatic heterocycles. The van der Waals surface area contributed by atoms with Crippen molar-refractivity contribution in [3.63, 3.8) is 0 Å². The van der Waals surface area contributed by atoms with E-state index in [2.05, 4.69) is 0 Å². The molecule has 0 saturated carbocycles. The van der Waals surface area contributed by atoms with E-state index in [0.29, 0.717) is 0 Å². The van der Waals surface area contributed by atoms with Crippen LogP contribution in [-0.4, -0.2) is 24.2 Å². The van der Waals surface area contributed by atoms with Crippen LogP contribution in [0.15, 0.2) is 0 Å². The molecule has 56 valence electrons. The van der Waals surface area contributed by atoms with Crippen LogP contribution in [0.3, 0.4) is 0 Å². The molecule has 1 N–H and O–H groups in total. The second-order valence-corrected chi connectivity index (χ2v) is 26.1. The Morgan fingerprint density at radius 2 is 1.33 bits per heavy atom. The predicted molar refractivity (Wildman–Crippen MR) is 37.9 cm³/mol. The van der Waals surface area contributed by atoms with Gasteiger partial charge in [-0.2, -0.15) is 0 Å². The van der Waals surface area contributed by atoms with E-state index in [0.717, 1.165) is 0 Å². The second-order valence-electron chi connectivity index (χ2n) is 0.666. The molecule has 9 heavy (non-hydrogen) atoms. The van der Waals surface area contributed by atoms with E-state index in [4.69, 9.17) is 51.0 Å². The van der Waals surface area contributed by atoms with Gasteiger partial charge in [-0.3, -0.25) is 0 Å². The summed E-state index contributed by atoms with van der Waals surface area (Å²) in [7, 11) is 20.1. The van der Waals surface area contributed by atoms with Gasteiger partial charge in [0.05, 0.1) is 0 Å². The summed E-state index contributed by atoms with van der Waals surface area (Å²) in [6.45, 7) is 0. The molecular weight excluding hydrogens is 323 g/mol. The van der Waals surface area contributed by atoms with Crippen LogP contribution in [0, 0.1) is 10.1 Å². The maximum atomic E-state index is 8.36. The van der Waals surface area contributed by atoms with Gasteiger partial charge < -0.3 is 5.21 Å². The second kappa shape index (κ2) is 5.91. The van der Waals surface area contributed by atoms with Crippen molar-refractivity contribution in [3.8, 4) is 0 Å². The topological polar surface area (TPSA) is 63.4 Å². The molecule has 0 aliphatic rings. The third-order valence-electron chi connectivity index (χ3n) is 0. The molecular formula is HCl4NO3Sn. The van der Waals surface area contributed by atoms with Gasteiger partial charge in [0.15, 0.2) is 0 Å². The zero-order chi connectivity index (χ0) is 8.08. The molecule has 0 saturated heterocycles. The molecule has 0 aromatic rings. The number of hydrogen-bond donors (Lipinski definition) is 1. The molecule has 0 radical (unpaired) electrons. The maximum absolute atomic E-state index is 8.36. The number of nitrogens with zero attached hydrogens (tertiary/aromatic N) is 1. The van der Waals surface area contributed by atoms with Crippen LogP contribution in [0.2, 0.25) is 0 Å². The van der Waals surface area contributed by atoms with Crippen molar-refractivity contribution in [2.75, 3.05) is 0 Å². The normalized spacial score (nSPS) is 9.33. The Balaban J connectivity index is 0. The van der Waals surface area contributed by atoms with Gasteiger partial charge in [0.2, 0.25) is 0 Å². The Morgan fingerprint density at radius 3 is 1.33 bits per heavy atom. The molecule has 0 spiro atoms. The van der Waals surface area contributed by atoms with Crippen molar-refractivity contribution in [2.45, 2.75) is 0 Å². The SMILES string of the molecule is O=[N+]([O-])O.[Cl][Sn]([Cl])([Cl])[Cl]. The van der Waals surface area contributed by atoms with Crippen molar-refractivity contribution in [1.82, 2.24) is 0 Å². The van der Waals surface area contributed by atoms with Crippen molar-refractivity contribution in [2.24, 2.45) is 0 Å². The van der Waals surface area contributed by atoms with Gasteiger partial charge in [-0.05, 0) is 0 Å². The molecule has 0 fully saturated rings. The predicted octanol–water partition coefficient (Wildman–Crippen LogP) is 2.03. The quantitative estimate of drug-likeness (QED) is 0.421. The Labute approximate surface area is 69.5 Å². The first-order valence-electron chi connectivity index (χ1n) is 1.32. The standard InChI is InChI=1S/4ClH.HNO3.Sn/c;;;;2-1(3)4;/h4*1H;(H,2,3,4);/q;;;;;+4/p-4. The van der Waals surface area contributed by atoms with E-state index in [1.807, 2.05) is 0 Å². The summed E-state index contributed by atoms with van der Waals surface area (Å²) in [4.78, 5) is 8.36. The number of halogens is 4. The average molecular weight is 324 g/mol. The van der Waals surface area contributed by atoms with Crippen LogP contribution in [0.5, 0.6) is 0 Å². The molecule has 0 aliphatic carbocycles. The van der Waals surface area contributed by atoms with Crippen molar-refractivity contribution < 1.29 is 10.3 Å². The van der Waals surface area contributed by atoms with E-state index in [1.54, 1.807) is 0 Å². The number of rotatable bonds is 0. The Hall–Kier alpha value is 1.16. The van der Waals surface area contributed by atoms with Crippen LogP contribution in [0.4, 0.5) is 0 Å². The Morgan fingerprint density at radius 1 is 1.33 bits per heavy atom. The molecule has 0 heterocycles. The van der Waals surface area contributed by atoms with E-state index >= 15 is 0 Å². The summed E-state index contributed by atoms with van der Waals surface area (Å²) in [5.74, 6) is 0. The van der Waals surface area contributed by atoms with E-state index in [9.17, 15) is 0 Å². The van der Waals surface area contributed by atoms with Gasteiger partial charge in [0, 0.05) is 0 Å². The van der Waals surface area contributed by atoms with Gasteiger partial charge >= 0.3 is 49.6 Å². The first-order valence-corrected chi connectivity index (χ1v) is 15.8. The zero-order valence-corrected chi connectivity index (χ0v) is 9.60. The molecule has 0 rings (SSSR count). The average Bonchev–Trinajstić information content (AvgIpc) is 1.19. The third kappa shape index (κ3) is 350. The first kappa shape index (κ1) is 12.8. The summed E-state index contributed by atoms with van der Waals surface area (Å²) in [5.41, 5.74) is 0.